The Morgan fingerprint density at radius 2 is 1.63 bits per heavy atom. The molecule has 3 aromatic carbocycles. The van der Waals surface area contributed by atoms with Crippen molar-refractivity contribution in [2.24, 2.45) is 0 Å². The minimum Gasteiger partial charge on any atom is -0.493 e. The van der Waals surface area contributed by atoms with E-state index < -0.39 is 0 Å². The van der Waals surface area contributed by atoms with E-state index in [0.29, 0.717) is 6.61 Å². The van der Waals surface area contributed by atoms with Crippen LogP contribution < -0.4 is 4.74 Å². The summed E-state index contributed by atoms with van der Waals surface area (Å²) in [4.78, 5) is 0. The Balaban J connectivity index is 1.65. The molecule has 0 amide bonds. The molecular weight excluding hydrogens is 364 g/mol. The van der Waals surface area contributed by atoms with Gasteiger partial charge in [-0.25, -0.2) is 0 Å². The molecular formula is C29H32O. The Morgan fingerprint density at radius 1 is 0.900 bits per heavy atom. The molecule has 0 bridgehead atoms. The molecule has 0 saturated carbocycles. The highest BCUT2D eigenvalue weighted by molar-refractivity contribution is 5.68. The third-order valence-corrected chi connectivity index (χ3v) is 5.45. The van der Waals surface area contributed by atoms with Crippen molar-refractivity contribution >= 4 is 11.6 Å². The highest BCUT2D eigenvalue weighted by Crippen LogP contribution is 2.23. The first-order chi connectivity index (χ1) is 14.5. The van der Waals surface area contributed by atoms with Crippen LogP contribution in [0.15, 0.2) is 84.4 Å². The monoisotopic (exact) mass is 396 g/mol. The molecule has 0 saturated heterocycles. The first kappa shape index (κ1) is 21.6. The lowest BCUT2D eigenvalue weighted by molar-refractivity contribution is 0.322. The van der Waals surface area contributed by atoms with Crippen molar-refractivity contribution in [1.29, 1.82) is 0 Å². The average Bonchev–Trinajstić information content (AvgIpc) is 2.76. The third-order valence-electron chi connectivity index (χ3n) is 5.45. The van der Waals surface area contributed by atoms with Gasteiger partial charge >= 0.3 is 0 Å². The van der Waals surface area contributed by atoms with Gasteiger partial charge in [0.1, 0.15) is 5.75 Å². The van der Waals surface area contributed by atoms with Gasteiger partial charge in [0.2, 0.25) is 0 Å². The van der Waals surface area contributed by atoms with Crippen molar-refractivity contribution in [3.05, 3.63) is 112 Å². The lowest BCUT2D eigenvalue weighted by Gasteiger charge is -2.12. The minimum absolute atomic E-state index is 0.695. The fourth-order valence-electron chi connectivity index (χ4n) is 3.52. The van der Waals surface area contributed by atoms with Gasteiger partial charge in [0, 0.05) is 6.42 Å². The van der Waals surface area contributed by atoms with E-state index >= 15 is 0 Å². The van der Waals surface area contributed by atoms with Crippen molar-refractivity contribution in [1.82, 2.24) is 0 Å². The van der Waals surface area contributed by atoms with Crippen LogP contribution in [0, 0.1) is 13.8 Å². The molecule has 154 valence electrons. The number of aryl methyl sites for hydroxylation is 2. The zero-order valence-electron chi connectivity index (χ0n) is 18.6. The molecule has 0 aliphatic heterocycles. The number of ether oxygens (including phenoxy) is 1. The van der Waals surface area contributed by atoms with Gasteiger partial charge in [-0.15, -0.1) is 0 Å². The van der Waals surface area contributed by atoms with Gasteiger partial charge in [0.15, 0.2) is 0 Å². The number of hydrogen-bond acceptors (Lipinski definition) is 1. The first-order valence-corrected chi connectivity index (χ1v) is 10.7. The largest absolute Gasteiger partial charge is 0.493 e. The zero-order chi connectivity index (χ0) is 21.3. The zero-order valence-corrected chi connectivity index (χ0v) is 18.6. The van der Waals surface area contributed by atoms with Crippen LogP contribution in [-0.4, -0.2) is 6.61 Å². The summed E-state index contributed by atoms with van der Waals surface area (Å²) in [6.07, 6.45) is 6.37. The van der Waals surface area contributed by atoms with Gasteiger partial charge in [0.25, 0.3) is 0 Å². The number of hydrogen-bond donors (Lipinski definition) is 0. The second-order valence-electron chi connectivity index (χ2n) is 7.94. The molecule has 0 radical (unpaired) electrons. The minimum atomic E-state index is 0.695. The summed E-state index contributed by atoms with van der Waals surface area (Å²) in [6.45, 7) is 9.29. The maximum atomic E-state index is 5.88. The molecule has 3 aromatic rings. The Hall–Kier alpha value is -3.06. The van der Waals surface area contributed by atoms with Crippen molar-refractivity contribution in [3.8, 4) is 5.75 Å². The Kier molecular flexibility index (Phi) is 7.68. The van der Waals surface area contributed by atoms with E-state index in [4.69, 9.17) is 4.74 Å². The predicted octanol–water partition coefficient (Wildman–Crippen LogP) is 7.82. The molecule has 0 fully saturated rings. The fourth-order valence-corrected chi connectivity index (χ4v) is 3.52. The average molecular weight is 397 g/mol. The molecule has 0 aliphatic carbocycles. The van der Waals surface area contributed by atoms with Crippen molar-refractivity contribution in [2.45, 2.75) is 40.5 Å². The summed E-state index contributed by atoms with van der Waals surface area (Å²) < 4.78 is 5.88. The van der Waals surface area contributed by atoms with Crippen LogP contribution in [0.5, 0.6) is 5.75 Å². The molecule has 0 spiro atoms. The lowest BCUT2D eigenvalue weighted by Crippen LogP contribution is -1.98. The van der Waals surface area contributed by atoms with E-state index in [1.165, 1.54) is 39.0 Å². The third kappa shape index (κ3) is 6.22. The number of allylic oxidation sites excluding steroid dienone is 2. The van der Waals surface area contributed by atoms with E-state index in [0.717, 1.165) is 18.6 Å². The van der Waals surface area contributed by atoms with Crippen molar-refractivity contribution in [2.75, 3.05) is 6.61 Å². The molecule has 0 aliphatic rings. The van der Waals surface area contributed by atoms with Crippen molar-refractivity contribution < 1.29 is 4.74 Å². The first-order valence-electron chi connectivity index (χ1n) is 10.7. The van der Waals surface area contributed by atoms with E-state index in [-0.39, 0.29) is 0 Å². The van der Waals surface area contributed by atoms with Crippen LogP contribution >= 0.6 is 0 Å². The lowest BCUT2D eigenvalue weighted by atomic mass is 9.93. The van der Waals surface area contributed by atoms with Crippen LogP contribution in [-0.2, 0) is 6.42 Å². The molecule has 0 atom stereocenters. The van der Waals surface area contributed by atoms with Crippen LogP contribution in [0.2, 0.25) is 0 Å². The van der Waals surface area contributed by atoms with Gasteiger partial charge in [-0.2, -0.15) is 0 Å². The summed E-state index contributed by atoms with van der Waals surface area (Å²) in [7, 11) is 0. The van der Waals surface area contributed by atoms with E-state index in [2.05, 4.69) is 101 Å². The second-order valence-corrected chi connectivity index (χ2v) is 7.94. The van der Waals surface area contributed by atoms with Gasteiger partial charge in [-0.05, 0) is 74.1 Å². The predicted molar refractivity (Wildman–Crippen MR) is 130 cm³/mol. The van der Waals surface area contributed by atoms with Gasteiger partial charge in [-0.3, -0.25) is 0 Å². The van der Waals surface area contributed by atoms with Crippen LogP contribution in [0.4, 0.5) is 0 Å². The summed E-state index contributed by atoms with van der Waals surface area (Å²) in [5.74, 6) is 0.936. The quantitative estimate of drug-likeness (QED) is 0.377. The second kappa shape index (κ2) is 10.6. The standard InChI is InChI=1S/C29H32O/c1-5-26(27-9-7-6-8-10-27)21-28-20-25(14-13-24(28)4)19-23(3)17-18-30-29-15-11-22(2)12-16-29/h5-16,19-20H,17-18,21H2,1-4H3/b23-19+,26-5-. The Bertz CT molecular complexity index is 1010. The molecule has 3 rings (SSSR count). The molecule has 0 heterocycles. The van der Waals surface area contributed by atoms with Gasteiger partial charge in [-0.1, -0.05) is 84.0 Å². The summed E-state index contributed by atoms with van der Waals surface area (Å²) in [5.41, 5.74) is 9.21. The highest BCUT2D eigenvalue weighted by Gasteiger charge is 2.06. The van der Waals surface area contributed by atoms with Crippen LogP contribution in [0.3, 0.4) is 0 Å². The molecule has 0 aromatic heterocycles. The van der Waals surface area contributed by atoms with Gasteiger partial charge < -0.3 is 4.74 Å². The van der Waals surface area contributed by atoms with E-state index in [1.807, 2.05) is 12.1 Å². The molecule has 0 unspecified atom stereocenters. The highest BCUT2D eigenvalue weighted by atomic mass is 16.5. The number of rotatable bonds is 8. The molecule has 1 nitrogen and oxygen atoms in total. The fraction of sp³-hybridized carbons (Fsp3) is 0.241. The summed E-state index contributed by atoms with van der Waals surface area (Å²) >= 11 is 0. The molecule has 0 N–H and O–H groups in total. The summed E-state index contributed by atoms with van der Waals surface area (Å²) in [5, 5.41) is 0. The molecule has 30 heavy (non-hydrogen) atoms. The summed E-state index contributed by atoms with van der Waals surface area (Å²) in [6, 6.07) is 25.7. The van der Waals surface area contributed by atoms with Crippen LogP contribution in [0.25, 0.3) is 11.6 Å². The SMILES string of the molecule is C/C=C(/Cc1cc(/C=C(\C)CCOc2ccc(C)cc2)ccc1C)c1ccccc1. The molecule has 1 heteroatoms. The normalized spacial score (nSPS) is 12.1. The van der Waals surface area contributed by atoms with Crippen molar-refractivity contribution in [3.63, 3.8) is 0 Å². The van der Waals surface area contributed by atoms with E-state index in [9.17, 15) is 0 Å². The maximum Gasteiger partial charge on any atom is 0.119 e. The van der Waals surface area contributed by atoms with Crippen LogP contribution in [0.1, 0.15) is 48.1 Å². The maximum absolute atomic E-state index is 5.88. The Morgan fingerprint density at radius 3 is 2.33 bits per heavy atom. The smallest absolute Gasteiger partial charge is 0.119 e. The Labute approximate surface area is 181 Å². The van der Waals surface area contributed by atoms with Gasteiger partial charge in [0.05, 0.1) is 6.61 Å². The van der Waals surface area contributed by atoms with E-state index in [1.54, 1.807) is 0 Å². The number of benzene rings is 3. The topological polar surface area (TPSA) is 9.23 Å².